The minimum atomic E-state index is -5.13. The molecule has 0 aliphatic rings. The molecule has 0 aliphatic heterocycles. The second kappa shape index (κ2) is 16.9. The number of ether oxygens (including phenoxy) is 4. The molecule has 0 unspecified atom stereocenters. The SMILES string of the molecule is COc1ccc(C(C)(C)C)cc1P(=O)(c1cc(C(C)(C)C)ccc1OC)c1c(F)c(F)c(P(=O)(c2cc(C(C)(C)C)ccc2OC)c2cc(C(C)(C)C)ccc2OC)c(F)c1F. The van der Waals surface area contributed by atoms with E-state index in [0.29, 0.717) is 22.3 Å². The monoisotopic (exact) mass is 894 g/mol. The highest BCUT2D eigenvalue weighted by molar-refractivity contribution is 7.86. The summed E-state index contributed by atoms with van der Waals surface area (Å²) in [5.41, 5.74) is 0.0303. The van der Waals surface area contributed by atoms with Crippen molar-refractivity contribution in [2.24, 2.45) is 0 Å². The second-order valence-corrected chi connectivity index (χ2v) is 25.0. The summed E-state index contributed by atoms with van der Waals surface area (Å²) < 4.78 is 128. The van der Waals surface area contributed by atoms with Crippen molar-refractivity contribution < 1.29 is 45.6 Å². The summed E-state index contributed by atoms with van der Waals surface area (Å²) in [7, 11) is -5.07. The number of hydrogen-bond acceptors (Lipinski definition) is 6. The molecule has 0 amide bonds. The zero-order valence-electron chi connectivity index (χ0n) is 38.8. The molecule has 0 radical (unpaired) electrons. The van der Waals surface area contributed by atoms with Crippen LogP contribution >= 0.6 is 14.3 Å². The van der Waals surface area contributed by atoms with E-state index in [2.05, 4.69) is 0 Å². The summed E-state index contributed by atoms with van der Waals surface area (Å²) in [5.74, 6) is -8.18. The van der Waals surface area contributed by atoms with Crippen LogP contribution in [0.5, 0.6) is 23.0 Å². The van der Waals surface area contributed by atoms with Crippen LogP contribution in [0.25, 0.3) is 0 Å². The third-order valence-corrected chi connectivity index (χ3v) is 17.5. The molecular weight excluding hydrogens is 834 g/mol. The molecule has 0 aromatic heterocycles. The van der Waals surface area contributed by atoms with Gasteiger partial charge in [0, 0.05) is 0 Å². The molecule has 5 aromatic carbocycles. The number of rotatable bonds is 10. The van der Waals surface area contributed by atoms with Gasteiger partial charge in [0.25, 0.3) is 0 Å². The smallest absolute Gasteiger partial charge is 0.184 e. The van der Waals surface area contributed by atoms with Crippen LogP contribution in [-0.2, 0) is 30.8 Å². The van der Waals surface area contributed by atoms with Crippen LogP contribution in [0.15, 0.2) is 72.8 Å². The largest absolute Gasteiger partial charge is 0.496 e. The second-order valence-electron chi connectivity index (χ2n) is 19.7. The molecule has 62 heavy (non-hydrogen) atoms. The van der Waals surface area contributed by atoms with Gasteiger partial charge in [-0.25, -0.2) is 17.6 Å². The lowest BCUT2D eigenvalue weighted by atomic mass is 9.87. The number of hydrogen-bond donors (Lipinski definition) is 0. The Morgan fingerprint density at radius 3 is 0.677 bits per heavy atom. The van der Waals surface area contributed by atoms with Crippen LogP contribution < -0.4 is 50.8 Å². The zero-order chi connectivity index (χ0) is 46.7. The fraction of sp³-hybridized carbons (Fsp3) is 0.400. The van der Waals surface area contributed by atoms with E-state index in [1.54, 1.807) is 24.3 Å². The maximum atomic E-state index is 18.0. The van der Waals surface area contributed by atoms with Gasteiger partial charge < -0.3 is 28.1 Å². The Labute approximate surface area is 365 Å². The van der Waals surface area contributed by atoms with Gasteiger partial charge in [-0.1, -0.05) is 107 Å². The van der Waals surface area contributed by atoms with Gasteiger partial charge in [-0.05, 0) is 92.4 Å². The fourth-order valence-corrected chi connectivity index (χ4v) is 13.7. The number of benzene rings is 5. The summed E-state index contributed by atoms with van der Waals surface area (Å²) >= 11 is 0. The van der Waals surface area contributed by atoms with Crippen molar-refractivity contribution >= 4 is 46.1 Å². The third-order valence-electron chi connectivity index (χ3n) is 11.4. The maximum absolute atomic E-state index is 18.0. The molecule has 0 spiro atoms. The molecule has 6 nitrogen and oxygen atoms in total. The molecule has 0 heterocycles. The maximum Gasteiger partial charge on any atom is 0.184 e. The van der Waals surface area contributed by atoms with Gasteiger partial charge in [0.15, 0.2) is 37.6 Å². The predicted molar refractivity (Wildman–Crippen MR) is 246 cm³/mol. The predicted octanol–water partition coefficient (Wildman–Crippen LogP) is 10.7. The van der Waals surface area contributed by atoms with Gasteiger partial charge in [-0.2, -0.15) is 0 Å². The van der Waals surface area contributed by atoms with E-state index in [1.165, 1.54) is 77.0 Å². The number of methoxy groups -OCH3 is 4. The Kier molecular flexibility index (Phi) is 13.2. The van der Waals surface area contributed by atoms with E-state index in [1.807, 2.05) is 83.1 Å². The van der Waals surface area contributed by atoms with Gasteiger partial charge in [0.05, 0.1) is 60.3 Å². The van der Waals surface area contributed by atoms with Crippen molar-refractivity contribution in [2.45, 2.75) is 105 Å². The van der Waals surface area contributed by atoms with Gasteiger partial charge in [0.2, 0.25) is 0 Å². The molecule has 0 bridgehead atoms. The molecule has 5 aromatic rings. The Hall–Kier alpha value is -4.52. The first kappa shape index (κ1) is 48.5. The minimum Gasteiger partial charge on any atom is -0.496 e. The summed E-state index contributed by atoms with van der Waals surface area (Å²) in [6, 6.07) is 18.9. The molecule has 0 saturated carbocycles. The molecule has 0 atom stereocenters. The summed E-state index contributed by atoms with van der Waals surface area (Å²) in [5, 5.41) is -3.68. The zero-order valence-corrected chi connectivity index (χ0v) is 40.6. The van der Waals surface area contributed by atoms with E-state index in [4.69, 9.17) is 18.9 Å². The first-order chi connectivity index (χ1) is 28.5. The van der Waals surface area contributed by atoms with Crippen molar-refractivity contribution in [1.29, 1.82) is 0 Å². The first-order valence-corrected chi connectivity index (χ1v) is 23.8. The van der Waals surface area contributed by atoms with Crippen LogP contribution in [-0.4, -0.2) is 28.4 Å². The van der Waals surface area contributed by atoms with Gasteiger partial charge in [-0.15, -0.1) is 0 Å². The highest BCUT2D eigenvalue weighted by Gasteiger charge is 2.49. The van der Waals surface area contributed by atoms with Gasteiger partial charge in [-0.3, -0.25) is 0 Å². The number of halogens is 4. The normalized spacial score (nSPS) is 13.0. The van der Waals surface area contributed by atoms with E-state index in [9.17, 15) is 0 Å². The van der Waals surface area contributed by atoms with Crippen LogP contribution in [0.4, 0.5) is 17.6 Å². The van der Waals surface area contributed by atoms with Crippen molar-refractivity contribution in [3.05, 3.63) is 118 Å². The molecule has 5 rings (SSSR count). The lowest BCUT2D eigenvalue weighted by Gasteiger charge is -2.31. The van der Waals surface area contributed by atoms with Crippen LogP contribution in [0.1, 0.15) is 105 Å². The molecule has 0 saturated heterocycles. The van der Waals surface area contributed by atoms with Crippen LogP contribution in [0.2, 0.25) is 0 Å². The standard InChI is InChI=1S/C50H60F4O6P2/c1-47(2,3)29-17-21-33(57-13)37(25-29)61(55,38-26-30(48(4,5)6)18-22-34(38)58-14)45-41(51)43(53)46(44(54)42(45)52)62(56,39-27-31(49(7,8)9)19-23-35(39)59-15)40-28-32(50(10,11)12)20-24-36(40)60-16/h17-28H,1-16H3. The van der Waals surface area contributed by atoms with Crippen molar-refractivity contribution in [3.63, 3.8) is 0 Å². The lowest BCUT2D eigenvalue weighted by Crippen LogP contribution is -2.39. The molecule has 0 fully saturated rings. The highest BCUT2D eigenvalue weighted by Crippen LogP contribution is 2.54. The fourth-order valence-electron chi connectivity index (χ4n) is 7.51. The Morgan fingerprint density at radius 1 is 0.355 bits per heavy atom. The average Bonchev–Trinajstić information content (AvgIpc) is 3.20. The molecule has 0 N–H and O–H groups in total. The lowest BCUT2D eigenvalue weighted by molar-refractivity contribution is 0.415. The van der Waals surface area contributed by atoms with Crippen LogP contribution in [0.3, 0.4) is 0 Å². The average molecular weight is 895 g/mol. The third kappa shape index (κ3) is 8.46. The van der Waals surface area contributed by atoms with Crippen molar-refractivity contribution in [1.82, 2.24) is 0 Å². The molecule has 12 heteroatoms. The molecule has 334 valence electrons. The highest BCUT2D eigenvalue weighted by atomic mass is 31.2. The summed E-state index contributed by atoms with van der Waals surface area (Å²) in [6.45, 7) is 22.7. The van der Waals surface area contributed by atoms with Crippen molar-refractivity contribution in [3.8, 4) is 23.0 Å². The van der Waals surface area contributed by atoms with E-state index < -0.39 is 69.8 Å². The summed E-state index contributed by atoms with van der Waals surface area (Å²) in [4.78, 5) is 0. The first-order valence-electron chi connectivity index (χ1n) is 20.4. The summed E-state index contributed by atoms with van der Waals surface area (Å²) in [6.07, 6.45) is 0. The Bertz CT molecular complexity index is 2280. The Balaban J connectivity index is 2.10. The van der Waals surface area contributed by atoms with Crippen LogP contribution in [0, 0.1) is 23.3 Å². The van der Waals surface area contributed by atoms with E-state index in [-0.39, 0.29) is 44.2 Å². The van der Waals surface area contributed by atoms with Gasteiger partial charge in [0.1, 0.15) is 23.0 Å². The Morgan fingerprint density at radius 2 is 0.532 bits per heavy atom. The van der Waals surface area contributed by atoms with E-state index in [0.717, 1.165) is 0 Å². The minimum absolute atomic E-state index is 0.0497. The topological polar surface area (TPSA) is 71.1 Å². The van der Waals surface area contributed by atoms with E-state index >= 15 is 26.7 Å². The van der Waals surface area contributed by atoms with Gasteiger partial charge >= 0.3 is 0 Å². The van der Waals surface area contributed by atoms with Crippen molar-refractivity contribution in [2.75, 3.05) is 28.4 Å². The quantitative estimate of drug-likeness (QED) is 0.0790. The molecule has 0 aliphatic carbocycles. The molecular formula is C50H60F4O6P2.